The van der Waals surface area contributed by atoms with Gasteiger partial charge in [-0.3, -0.25) is 9.35 Å². The molecule has 0 saturated carbocycles. The van der Waals surface area contributed by atoms with Gasteiger partial charge in [-0.2, -0.15) is 8.42 Å². The number of esters is 1. The van der Waals surface area contributed by atoms with E-state index in [1.807, 2.05) is 47.6 Å². The lowest BCUT2D eigenvalue weighted by molar-refractivity contribution is -0.136. The summed E-state index contributed by atoms with van der Waals surface area (Å²) < 4.78 is 36.0. The van der Waals surface area contributed by atoms with E-state index in [0.717, 1.165) is 16.7 Å². The second-order valence-electron chi connectivity index (χ2n) is 9.16. The van der Waals surface area contributed by atoms with Crippen molar-refractivity contribution in [2.45, 2.75) is 72.3 Å². The molecule has 0 heterocycles. The van der Waals surface area contributed by atoms with Gasteiger partial charge in [-0.15, -0.1) is 0 Å². The Bertz CT molecular complexity index is 894. The zero-order valence-electron chi connectivity index (χ0n) is 19.3. The largest absolute Gasteiger partial charge is 0.425 e. The minimum absolute atomic E-state index is 0.103. The Balaban J connectivity index is 3.00. The average Bonchev–Trinajstić information content (AvgIpc) is 2.55. The highest BCUT2D eigenvalue weighted by atomic mass is 32.2. The Kier molecular flexibility index (Phi) is 9.66. The van der Waals surface area contributed by atoms with Crippen LogP contribution in [-0.4, -0.2) is 43.2 Å². The van der Waals surface area contributed by atoms with E-state index in [1.165, 1.54) is 0 Å². The van der Waals surface area contributed by atoms with Crippen LogP contribution in [0.25, 0.3) is 0 Å². The first-order valence-electron chi connectivity index (χ1n) is 10.4. The van der Waals surface area contributed by atoms with Crippen LogP contribution in [0.2, 0.25) is 0 Å². The Morgan fingerprint density at radius 3 is 2.39 bits per heavy atom. The van der Waals surface area contributed by atoms with Crippen LogP contribution in [0, 0.1) is 19.8 Å². The topological polar surface area (TPSA) is 136 Å². The molecule has 0 aliphatic rings. The number of rotatable bonds is 11. The molecule has 0 unspecified atom stereocenters. The zero-order valence-corrected chi connectivity index (χ0v) is 20.1. The van der Waals surface area contributed by atoms with Gasteiger partial charge in [0.2, 0.25) is 5.91 Å². The van der Waals surface area contributed by atoms with Gasteiger partial charge in [-0.05, 0) is 49.8 Å². The molecule has 0 aromatic heterocycles. The molecule has 1 rings (SSSR count). The number of hydrogen-bond donors (Lipinski definition) is 3. The summed E-state index contributed by atoms with van der Waals surface area (Å²) in [5, 5.41) is 2.67. The van der Waals surface area contributed by atoms with E-state index >= 15 is 0 Å². The maximum atomic E-state index is 12.5. The summed E-state index contributed by atoms with van der Waals surface area (Å²) in [5.74, 6) is -0.544. The van der Waals surface area contributed by atoms with Crippen LogP contribution in [-0.2, 0) is 25.1 Å². The Hall–Kier alpha value is -1.97. The number of ether oxygens (including phenoxy) is 1. The first-order valence-corrected chi connectivity index (χ1v) is 12.0. The number of carbonyl (C=O) groups is 2. The molecular formula is C22H36N2O6S. The quantitative estimate of drug-likeness (QED) is 0.201. The van der Waals surface area contributed by atoms with Crippen molar-refractivity contribution in [3.63, 3.8) is 0 Å². The van der Waals surface area contributed by atoms with E-state index in [9.17, 15) is 18.0 Å². The SMILES string of the molecule is Cc1cc(C)c(C(C)(C)CC(=O)NCCCS(=O)(=O)O)c(OC(=O)[C@@H](N)CC(C)C)c1. The molecule has 8 nitrogen and oxygen atoms in total. The summed E-state index contributed by atoms with van der Waals surface area (Å²) in [7, 11) is -4.05. The molecule has 1 atom stereocenters. The number of benzene rings is 1. The first kappa shape index (κ1) is 27.1. The Labute approximate surface area is 185 Å². The molecule has 4 N–H and O–H groups in total. The van der Waals surface area contributed by atoms with Gasteiger partial charge in [-0.25, -0.2) is 4.79 Å². The second kappa shape index (κ2) is 11.1. The number of nitrogens with one attached hydrogen (secondary N) is 1. The third-order valence-electron chi connectivity index (χ3n) is 4.86. The third kappa shape index (κ3) is 9.37. The number of carbonyl (C=O) groups excluding carboxylic acids is 2. The van der Waals surface area contributed by atoms with E-state index in [-0.39, 0.29) is 31.2 Å². The van der Waals surface area contributed by atoms with Crippen LogP contribution in [0.5, 0.6) is 5.75 Å². The lowest BCUT2D eigenvalue weighted by Crippen LogP contribution is -2.36. The highest BCUT2D eigenvalue weighted by Gasteiger charge is 2.31. The minimum atomic E-state index is -4.05. The third-order valence-corrected chi connectivity index (χ3v) is 5.67. The number of nitrogens with two attached hydrogens (primary N) is 1. The van der Waals surface area contributed by atoms with E-state index < -0.39 is 33.3 Å². The fourth-order valence-corrected chi connectivity index (χ4v) is 4.21. The fraction of sp³-hybridized carbons (Fsp3) is 0.636. The van der Waals surface area contributed by atoms with Crippen molar-refractivity contribution in [1.82, 2.24) is 5.32 Å². The molecule has 1 aromatic carbocycles. The molecule has 0 aliphatic heterocycles. The van der Waals surface area contributed by atoms with Crippen molar-refractivity contribution >= 4 is 22.0 Å². The van der Waals surface area contributed by atoms with E-state index in [4.69, 9.17) is 15.0 Å². The van der Waals surface area contributed by atoms with Gasteiger partial charge in [-0.1, -0.05) is 33.8 Å². The van der Waals surface area contributed by atoms with Crippen LogP contribution in [0.3, 0.4) is 0 Å². The average molecular weight is 457 g/mol. The van der Waals surface area contributed by atoms with Crippen molar-refractivity contribution in [1.29, 1.82) is 0 Å². The molecule has 176 valence electrons. The van der Waals surface area contributed by atoms with Gasteiger partial charge < -0.3 is 15.8 Å². The molecule has 1 aromatic rings. The lowest BCUT2D eigenvalue weighted by Gasteiger charge is -2.29. The minimum Gasteiger partial charge on any atom is -0.425 e. The van der Waals surface area contributed by atoms with Crippen molar-refractivity contribution in [2.24, 2.45) is 11.7 Å². The molecular weight excluding hydrogens is 420 g/mol. The predicted octanol–water partition coefficient (Wildman–Crippen LogP) is 2.64. The van der Waals surface area contributed by atoms with Crippen LogP contribution in [0.15, 0.2) is 12.1 Å². The molecule has 0 fully saturated rings. The summed E-state index contributed by atoms with van der Waals surface area (Å²) in [5.41, 5.74) is 7.88. The van der Waals surface area contributed by atoms with Gasteiger partial charge >= 0.3 is 5.97 Å². The highest BCUT2D eigenvalue weighted by Crippen LogP contribution is 2.38. The molecule has 0 aliphatic carbocycles. The van der Waals surface area contributed by atoms with Gasteiger partial charge in [0.15, 0.2) is 0 Å². The van der Waals surface area contributed by atoms with E-state index in [0.29, 0.717) is 12.2 Å². The van der Waals surface area contributed by atoms with Gasteiger partial charge in [0.05, 0.1) is 5.75 Å². The molecule has 0 radical (unpaired) electrons. The lowest BCUT2D eigenvalue weighted by atomic mass is 9.78. The Morgan fingerprint density at radius 2 is 1.84 bits per heavy atom. The fourth-order valence-electron chi connectivity index (χ4n) is 3.70. The summed E-state index contributed by atoms with van der Waals surface area (Å²) in [6, 6.07) is 3.00. The van der Waals surface area contributed by atoms with Gasteiger partial charge in [0, 0.05) is 23.9 Å². The maximum absolute atomic E-state index is 12.5. The number of aryl methyl sites for hydroxylation is 2. The summed E-state index contributed by atoms with van der Waals surface area (Å²) in [4.78, 5) is 25.0. The molecule has 1 amide bonds. The highest BCUT2D eigenvalue weighted by molar-refractivity contribution is 7.85. The molecule has 0 spiro atoms. The van der Waals surface area contributed by atoms with E-state index in [2.05, 4.69) is 5.32 Å². The van der Waals surface area contributed by atoms with Crippen LogP contribution in [0.1, 0.15) is 63.6 Å². The summed E-state index contributed by atoms with van der Waals surface area (Å²) in [6.45, 7) is 11.7. The van der Waals surface area contributed by atoms with Crippen LogP contribution >= 0.6 is 0 Å². The summed E-state index contributed by atoms with van der Waals surface area (Å²) >= 11 is 0. The van der Waals surface area contributed by atoms with Crippen molar-refractivity contribution in [3.8, 4) is 5.75 Å². The van der Waals surface area contributed by atoms with Crippen molar-refractivity contribution < 1.29 is 27.3 Å². The summed E-state index contributed by atoms with van der Waals surface area (Å²) in [6.07, 6.45) is 0.727. The Morgan fingerprint density at radius 1 is 1.23 bits per heavy atom. The standard InChI is InChI=1S/C22H36N2O6S/c1-14(2)10-17(23)21(26)30-18-12-15(3)11-16(4)20(18)22(5,6)13-19(25)24-8-7-9-31(27,28)29/h11-12,14,17H,7-10,13,23H2,1-6H3,(H,24,25)(H,27,28,29)/t17-/m0/s1. The second-order valence-corrected chi connectivity index (χ2v) is 10.7. The molecule has 9 heteroatoms. The van der Waals surface area contributed by atoms with Gasteiger partial charge in [0.25, 0.3) is 10.1 Å². The number of hydrogen-bond acceptors (Lipinski definition) is 6. The van der Waals surface area contributed by atoms with Crippen molar-refractivity contribution in [2.75, 3.05) is 12.3 Å². The molecule has 0 saturated heterocycles. The zero-order chi connectivity index (χ0) is 24.0. The predicted molar refractivity (Wildman–Crippen MR) is 121 cm³/mol. The normalized spacial score (nSPS) is 13.2. The van der Waals surface area contributed by atoms with Crippen LogP contribution < -0.4 is 15.8 Å². The smallest absolute Gasteiger partial charge is 0.328 e. The maximum Gasteiger partial charge on any atom is 0.328 e. The van der Waals surface area contributed by atoms with Crippen molar-refractivity contribution in [3.05, 3.63) is 28.8 Å². The first-order chi connectivity index (χ1) is 14.1. The van der Waals surface area contributed by atoms with Crippen LogP contribution in [0.4, 0.5) is 0 Å². The van der Waals surface area contributed by atoms with E-state index in [1.54, 1.807) is 6.07 Å². The monoisotopic (exact) mass is 456 g/mol. The molecule has 0 bridgehead atoms. The number of amides is 1. The molecule has 31 heavy (non-hydrogen) atoms. The van der Waals surface area contributed by atoms with Gasteiger partial charge in [0.1, 0.15) is 11.8 Å².